The molecule has 0 aromatic heterocycles. The number of halogens is 1. The van der Waals surface area contributed by atoms with Gasteiger partial charge in [0.2, 0.25) is 6.79 Å². The Morgan fingerprint density at radius 2 is 1.93 bits per heavy atom. The molecule has 0 spiro atoms. The van der Waals surface area contributed by atoms with Crippen molar-refractivity contribution < 1.29 is 22.6 Å². The first-order valence-electron chi connectivity index (χ1n) is 9.09. The van der Waals surface area contributed by atoms with Crippen LogP contribution < -0.4 is 15.2 Å². The van der Waals surface area contributed by atoms with Crippen LogP contribution in [-0.4, -0.2) is 38.7 Å². The molecule has 0 amide bonds. The van der Waals surface area contributed by atoms with Gasteiger partial charge < -0.3 is 19.9 Å². The number of ether oxygens (including phenoxy) is 3. The number of sulfone groups is 1. The second kappa shape index (κ2) is 7.43. The summed E-state index contributed by atoms with van der Waals surface area (Å²) < 4.78 is 43.5. The number of fused-ring (bicyclic) bond motifs is 1. The number of hydrogen-bond donors (Lipinski definition) is 1. The monoisotopic (exact) mass is 453 g/mol. The molecule has 0 radical (unpaired) electrons. The van der Waals surface area contributed by atoms with Crippen molar-refractivity contribution in [1.29, 1.82) is 0 Å². The van der Waals surface area contributed by atoms with E-state index in [1.165, 1.54) is 12.1 Å². The van der Waals surface area contributed by atoms with E-state index in [1.54, 1.807) is 24.3 Å². The van der Waals surface area contributed by atoms with Crippen molar-refractivity contribution >= 4 is 38.6 Å². The molecule has 1 fully saturated rings. The second-order valence-electron chi connectivity index (χ2n) is 7.05. The Kier molecular flexibility index (Phi) is 5.23. The van der Waals surface area contributed by atoms with Crippen LogP contribution in [0.15, 0.2) is 47.4 Å². The molecule has 2 aromatic rings. The average molecular weight is 454 g/mol. The molecule has 1 saturated carbocycles. The van der Waals surface area contributed by atoms with E-state index in [9.17, 15) is 8.42 Å². The minimum Gasteiger partial charge on any atom is -0.454 e. The Morgan fingerprint density at radius 3 is 2.59 bits per heavy atom. The normalized spacial score (nSPS) is 25.0. The summed E-state index contributed by atoms with van der Waals surface area (Å²) in [5, 5.41) is -0.386. The molecular formula is C20H20ClNO5S2. The standard InChI is InChI=1S/C20H20ClNO5S2/c1-2-25-10-20(19(22)28)17(12-3-8-15-16(9-12)27-11-26-15)18(20)29(23,24)14-6-4-13(21)5-7-14/h3-9,17-18H,2,10-11H2,1H3,(H2,22,28)/t17-,18+,20-/m1/s1. The number of rotatable bonds is 7. The topological polar surface area (TPSA) is 87.8 Å². The highest BCUT2D eigenvalue weighted by atomic mass is 35.5. The van der Waals surface area contributed by atoms with E-state index in [0.29, 0.717) is 23.1 Å². The quantitative estimate of drug-likeness (QED) is 0.643. The molecule has 1 aliphatic carbocycles. The van der Waals surface area contributed by atoms with Crippen LogP contribution in [-0.2, 0) is 14.6 Å². The molecule has 1 aliphatic heterocycles. The van der Waals surface area contributed by atoms with Gasteiger partial charge >= 0.3 is 0 Å². The van der Waals surface area contributed by atoms with E-state index in [1.807, 2.05) is 13.0 Å². The molecule has 4 rings (SSSR count). The molecular weight excluding hydrogens is 434 g/mol. The highest BCUT2D eigenvalue weighted by Gasteiger charge is 2.73. The van der Waals surface area contributed by atoms with Crippen LogP contribution in [0.2, 0.25) is 5.02 Å². The Hall–Kier alpha value is -1.87. The summed E-state index contributed by atoms with van der Waals surface area (Å²) in [6.45, 7) is 2.52. The van der Waals surface area contributed by atoms with Crippen molar-refractivity contribution in [3.8, 4) is 11.5 Å². The summed E-state index contributed by atoms with van der Waals surface area (Å²) >= 11 is 11.3. The highest BCUT2D eigenvalue weighted by molar-refractivity contribution is 7.92. The van der Waals surface area contributed by atoms with E-state index in [0.717, 1.165) is 5.56 Å². The number of nitrogens with two attached hydrogens (primary N) is 1. The van der Waals surface area contributed by atoms with Crippen molar-refractivity contribution in [2.45, 2.75) is 23.0 Å². The zero-order valence-corrected chi connectivity index (χ0v) is 18.0. The van der Waals surface area contributed by atoms with Crippen molar-refractivity contribution in [2.75, 3.05) is 20.0 Å². The lowest BCUT2D eigenvalue weighted by atomic mass is 9.99. The van der Waals surface area contributed by atoms with Crippen molar-refractivity contribution in [2.24, 2.45) is 11.1 Å². The maximum Gasteiger partial charge on any atom is 0.231 e. The third kappa shape index (κ3) is 3.28. The smallest absolute Gasteiger partial charge is 0.231 e. The van der Waals surface area contributed by atoms with Gasteiger partial charge in [-0.15, -0.1) is 0 Å². The molecule has 1 heterocycles. The largest absolute Gasteiger partial charge is 0.454 e. The van der Waals surface area contributed by atoms with Gasteiger partial charge in [-0.05, 0) is 48.9 Å². The lowest BCUT2D eigenvalue weighted by Gasteiger charge is -2.17. The highest BCUT2D eigenvalue weighted by Crippen LogP contribution is 2.65. The van der Waals surface area contributed by atoms with Crippen LogP contribution in [0.3, 0.4) is 0 Å². The molecule has 9 heteroatoms. The molecule has 2 aliphatic rings. The Labute approximate surface area is 179 Å². The SMILES string of the molecule is CCOC[C@@]1(C(N)=S)[C@H](c2ccc3c(c2)OCO3)[C@@H]1S(=O)(=O)c1ccc(Cl)cc1. The predicted octanol–water partition coefficient (Wildman–Crippen LogP) is 3.32. The third-order valence-electron chi connectivity index (χ3n) is 5.49. The fraction of sp³-hybridized carbons (Fsp3) is 0.350. The first-order chi connectivity index (χ1) is 13.8. The van der Waals surface area contributed by atoms with Crippen LogP contribution in [0.5, 0.6) is 11.5 Å². The predicted molar refractivity (Wildman–Crippen MR) is 113 cm³/mol. The van der Waals surface area contributed by atoms with Gasteiger partial charge in [0.15, 0.2) is 21.3 Å². The zero-order valence-electron chi connectivity index (χ0n) is 15.6. The molecule has 0 bridgehead atoms. The maximum atomic E-state index is 13.5. The van der Waals surface area contributed by atoms with Gasteiger partial charge in [-0.2, -0.15) is 0 Å². The average Bonchev–Trinajstić information content (AvgIpc) is 3.18. The summed E-state index contributed by atoms with van der Waals surface area (Å²) in [6, 6.07) is 11.5. The van der Waals surface area contributed by atoms with E-state index in [2.05, 4.69) is 0 Å². The van der Waals surface area contributed by atoms with Crippen molar-refractivity contribution in [3.63, 3.8) is 0 Å². The molecule has 2 N–H and O–H groups in total. The first-order valence-corrected chi connectivity index (χ1v) is 11.4. The van der Waals surface area contributed by atoms with Gasteiger partial charge in [-0.1, -0.05) is 29.9 Å². The van der Waals surface area contributed by atoms with E-state index in [4.69, 9.17) is 43.8 Å². The van der Waals surface area contributed by atoms with E-state index >= 15 is 0 Å². The summed E-state index contributed by atoms with van der Waals surface area (Å²) in [5.74, 6) is 0.740. The lowest BCUT2D eigenvalue weighted by molar-refractivity contribution is 0.121. The van der Waals surface area contributed by atoms with Crippen LogP contribution in [0.1, 0.15) is 18.4 Å². The number of thiocarbonyl (C=S) groups is 1. The molecule has 6 nitrogen and oxygen atoms in total. The maximum absolute atomic E-state index is 13.5. The minimum atomic E-state index is -3.76. The second-order valence-corrected chi connectivity index (χ2v) is 10.00. The zero-order chi connectivity index (χ0) is 20.8. The van der Waals surface area contributed by atoms with Gasteiger partial charge in [0.25, 0.3) is 0 Å². The van der Waals surface area contributed by atoms with E-state index in [-0.39, 0.29) is 23.3 Å². The molecule has 154 valence electrons. The molecule has 29 heavy (non-hydrogen) atoms. The Bertz CT molecular complexity index is 1060. The molecule has 0 saturated heterocycles. The van der Waals surface area contributed by atoms with Crippen LogP contribution in [0, 0.1) is 5.41 Å². The molecule has 3 atom stereocenters. The molecule has 2 aromatic carbocycles. The first kappa shape index (κ1) is 20.4. The van der Waals surface area contributed by atoms with Crippen molar-refractivity contribution in [1.82, 2.24) is 0 Å². The summed E-state index contributed by atoms with van der Waals surface area (Å²) in [7, 11) is -3.76. The Morgan fingerprint density at radius 1 is 1.24 bits per heavy atom. The van der Waals surface area contributed by atoms with Gasteiger partial charge in [0.05, 0.1) is 27.2 Å². The summed E-state index contributed by atoms with van der Waals surface area (Å²) in [4.78, 5) is 0.295. The third-order valence-corrected chi connectivity index (χ3v) is 8.41. The van der Waals surface area contributed by atoms with Gasteiger partial charge in [0.1, 0.15) is 0 Å². The lowest BCUT2D eigenvalue weighted by Crippen LogP contribution is -2.33. The summed E-state index contributed by atoms with van der Waals surface area (Å²) in [5.41, 5.74) is 5.88. The van der Waals surface area contributed by atoms with E-state index < -0.39 is 26.4 Å². The fourth-order valence-electron chi connectivity index (χ4n) is 4.02. The molecule has 0 unspecified atom stereocenters. The fourth-order valence-corrected chi connectivity index (χ4v) is 6.92. The van der Waals surface area contributed by atoms with Gasteiger partial charge in [-0.3, -0.25) is 0 Å². The van der Waals surface area contributed by atoms with Gasteiger partial charge in [-0.25, -0.2) is 8.42 Å². The number of benzene rings is 2. The van der Waals surface area contributed by atoms with Crippen LogP contribution in [0.4, 0.5) is 0 Å². The van der Waals surface area contributed by atoms with Gasteiger partial charge in [0, 0.05) is 17.5 Å². The van der Waals surface area contributed by atoms with Crippen molar-refractivity contribution in [3.05, 3.63) is 53.1 Å². The van der Waals surface area contributed by atoms with Crippen LogP contribution in [0.25, 0.3) is 0 Å². The Balaban J connectivity index is 1.80. The number of hydrogen-bond acceptors (Lipinski definition) is 6. The summed E-state index contributed by atoms with van der Waals surface area (Å²) in [6.07, 6.45) is 0. The minimum absolute atomic E-state index is 0.120. The van der Waals surface area contributed by atoms with Crippen LogP contribution >= 0.6 is 23.8 Å².